The molecule has 1 fully saturated rings. The molecular weight excluding hydrogens is 277 g/mol. The number of aromatic nitrogens is 1. The van der Waals surface area contributed by atoms with Crippen LogP contribution in [0.25, 0.3) is 10.9 Å². The summed E-state index contributed by atoms with van der Waals surface area (Å²) in [6.45, 7) is 3.74. The van der Waals surface area contributed by atoms with Crippen LogP contribution in [0.3, 0.4) is 0 Å². The van der Waals surface area contributed by atoms with E-state index < -0.39 is 0 Å². The van der Waals surface area contributed by atoms with Crippen LogP contribution in [-0.4, -0.2) is 10.8 Å². The number of ketones is 1. The van der Waals surface area contributed by atoms with Crippen molar-refractivity contribution in [3.8, 4) is 0 Å². The number of benzene rings is 1. The lowest BCUT2D eigenvalue weighted by Gasteiger charge is -2.32. The Morgan fingerprint density at radius 3 is 2.64 bits per heavy atom. The SMILES string of the molecule is CC(=O)C(C)[C@H]1CC[C@@H](c2ccnc3ccc(F)cc32)CC1. The summed E-state index contributed by atoms with van der Waals surface area (Å²) in [5.74, 6) is 1.19. The molecule has 1 atom stereocenters. The average molecular weight is 299 g/mol. The van der Waals surface area contributed by atoms with Crippen molar-refractivity contribution in [1.29, 1.82) is 0 Å². The van der Waals surface area contributed by atoms with Crippen LogP contribution < -0.4 is 0 Å². The standard InChI is InChI=1S/C19H22FNO/c1-12(13(2)22)14-3-5-15(6-4-14)17-9-10-21-19-8-7-16(20)11-18(17)19/h7-12,14-15H,3-6H2,1-2H3/t12?,14-,15+. The van der Waals surface area contributed by atoms with Gasteiger partial charge in [-0.3, -0.25) is 9.78 Å². The van der Waals surface area contributed by atoms with Crippen molar-refractivity contribution < 1.29 is 9.18 Å². The van der Waals surface area contributed by atoms with Gasteiger partial charge in [0, 0.05) is 17.5 Å². The van der Waals surface area contributed by atoms with Gasteiger partial charge in [-0.25, -0.2) is 4.39 Å². The molecule has 1 unspecified atom stereocenters. The third kappa shape index (κ3) is 2.90. The van der Waals surface area contributed by atoms with Crippen LogP contribution in [0, 0.1) is 17.7 Å². The highest BCUT2D eigenvalue weighted by Crippen LogP contribution is 2.40. The van der Waals surface area contributed by atoms with Crippen molar-refractivity contribution in [3.05, 3.63) is 41.8 Å². The van der Waals surface area contributed by atoms with Gasteiger partial charge >= 0.3 is 0 Å². The molecule has 0 spiro atoms. The van der Waals surface area contributed by atoms with Crippen LogP contribution in [0.2, 0.25) is 0 Å². The molecule has 2 aromatic rings. The van der Waals surface area contributed by atoms with Crippen molar-refractivity contribution in [2.24, 2.45) is 11.8 Å². The predicted octanol–water partition coefficient (Wildman–Crippen LogP) is 4.87. The molecule has 3 rings (SSSR count). The molecule has 1 aliphatic rings. The topological polar surface area (TPSA) is 30.0 Å². The third-order valence-electron chi connectivity index (χ3n) is 5.30. The molecule has 1 heterocycles. The van der Waals surface area contributed by atoms with Crippen molar-refractivity contribution in [2.75, 3.05) is 0 Å². The van der Waals surface area contributed by atoms with E-state index >= 15 is 0 Å². The minimum atomic E-state index is -0.208. The van der Waals surface area contributed by atoms with Crippen molar-refractivity contribution in [1.82, 2.24) is 4.98 Å². The van der Waals surface area contributed by atoms with E-state index in [4.69, 9.17) is 0 Å². The summed E-state index contributed by atoms with van der Waals surface area (Å²) in [5.41, 5.74) is 2.07. The molecule has 2 nitrogen and oxygen atoms in total. The largest absolute Gasteiger partial charge is 0.300 e. The molecule has 3 heteroatoms. The molecule has 1 aliphatic carbocycles. The lowest BCUT2D eigenvalue weighted by molar-refractivity contribution is -0.122. The van der Waals surface area contributed by atoms with Crippen LogP contribution in [0.4, 0.5) is 4.39 Å². The number of pyridine rings is 1. The Morgan fingerprint density at radius 2 is 1.95 bits per heavy atom. The fourth-order valence-corrected chi connectivity index (χ4v) is 3.76. The van der Waals surface area contributed by atoms with Crippen molar-refractivity contribution in [3.63, 3.8) is 0 Å². The van der Waals surface area contributed by atoms with E-state index in [9.17, 15) is 9.18 Å². The quantitative estimate of drug-likeness (QED) is 0.809. The van der Waals surface area contributed by atoms with Crippen LogP contribution in [0.1, 0.15) is 51.0 Å². The summed E-state index contributed by atoms with van der Waals surface area (Å²) in [6.07, 6.45) is 6.10. The van der Waals surface area contributed by atoms with Gasteiger partial charge in [-0.1, -0.05) is 6.92 Å². The number of carbonyl (C=O) groups excluding carboxylic acids is 1. The number of fused-ring (bicyclic) bond motifs is 1. The van der Waals surface area contributed by atoms with E-state index in [2.05, 4.69) is 4.98 Å². The Labute approximate surface area is 130 Å². The maximum absolute atomic E-state index is 13.6. The molecule has 22 heavy (non-hydrogen) atoms. The summed E-state index contributed by atoms with van der Waals surface area (Å²) >= 11 is 0. The Hall–Kier alpha value is -1.77. The van der Waals surface area contributed by atoms with Gasteiger partial charge in [-0.05, 0) is 74.3 Å². The lowest BCUT2D eigenvalue weighted by atomic mass is 9.73. The Bertz CT molecular complexity index is 689. The molecular formula is C19H22FNO. The van der Waals surface area contributed by atoms with Gasteiger partial charge in [0.1, 0.15) is 11.6 Å². The molecule has 1 aromatic carbocycles. The minimum Gasteiger partial charge on any atom is -0.300 e. The first kappa shape index (κ1) is 15.1. The second kappa shape index (κ2) is 6.15. The van der Waals surface area contributed by atoms with Gasteiger partial charge in [-0.15, -0.1) is 0 Å². The first-order valence-electron chi connectivity index (χ1n) is 8.11. The van der Waals surface area contributed by atoms with E-state index in [1.54, 1.807) is 19.1 Å². The van der Waals surface area contributed by atoms with E-state index in [-0.39, 0.29) is 11.7 Å². The van der Waals surface area contributed by atoms with Crippen molar-refractivity contribution in [2.45, 2.75) is 45.4 Å². The molecule has 0 N–H and O–H groups in total. The second-order valence-electron chi connectivity index (χ2n) is 6.57. The maximum Gasteiger partial charge on any atom is 0.132 e. The van der Waals surface area contributed by atoms with Crippen LogP contribution in [0.5, 0.6) is 0 Å². The van der Waals surface area contributed by atoms with Crippen LogP contribution in [0.15, 0.2) is 30.5 Å². The zero-order valence-electron chi connectivity index (χ0n) is 13.2. The summed E-state index contributed by atoms with van der Waals surface area (Å²) < 4.78 is 13.6. The summed E-state index contributed by atoms with van der Waals surface area (Å²) in [4.78, 5) is 15.9. The lowest BCUT2D eigenvalue weighted by Crippen LogP contribution is -2.23. The first-order valence-corrected chi connectivity index (χ1v) is 8.11. The molecule has 0 bridgehead atoms. The third-order valence-corrected chi connectivity index (χ3v) is 5.30. The smallest absolute Gasteiger partial charge is 0.132 e. The molecule has 0 radical (unpaired) electrons. The summed E-state index contributed by atoms with van der Waals surface area (Å²) in [5, 5.41) is 0.936. The molecule has 0 amide bonds. The number of hydrogen-bond acceptors (Lipinski definition) is 2. The highest BCUT2D eigenvalue weighted by Gasteiger charge is 2.28. The highest BCUT2D eigenvalue weighted by molar-refractivity contribution is 5.82. The fourth-order valence-electron chi connectivity index (χ4n) is 3.76. The van der Waals surface area contributed by atoms with Gasteiger partial charge < -0.3 is 0 Å². The Balaban J connectivity index is 1.82. The maximum atomic E-state index is 13.6. The van der Waals surface area contributed by atoms with E-state index in [1.807, 2.05) is 19.2 Å². The molecule has 0 aliphatic heterocycles. The normalized spacial score (nSPS) is 23.4. The highest BCUT2D eigenvalue weighted by atomic mass is 19.1. The summed E-state index contributed by atoms with van der Waals surface area (Å²) in [7, 11) is 0. The van der Waals surface area contributed by atoms with Gasteiger partial charge in [-0.2, -0.15) is 0 Å². The molecule has 1 aromatic heterocycles. The number of carbonyl (C=O) groups is 1. The molecule has 0 saturated heterocycles. The number of halogens is 1. The Kier molecular flexibility index (Phi) is 4.23. The summed E-state index contributed by atoms with van der Waals surface area (Å²) in [6, 6.07) is 6.84. The minimum absolute atomic E-state index is 0.160. The van der Waals surface area contributed by atoms with Gasteiger partial charge in [0.15, 0.2) is 0 Å². The number of nitrogens with zero attached hydrogens (tertiary/aromatic N) is 1. The Morgan fingerprint density at radius 1 is 1.23 bits per heavy atom. The average Bonchev–Trinajstić information content (AvgIpc) is 2.53. The van der Waals surface area contributed by atoms with Crippen LogP contribution >= 0.6 is 0 Å². The number of hydrogen-bond donors (Lipinski definition) is 0. The fraction of sp³-hybridized carbons (Fsp3) is 0.474. The van der Waals surface area contributed by atoms with Gasteiger partial charge in [0.25, 0.3) is 0 Å². The van der Waals surface area contributed by atoms with E-state index in [0.29, 0.717) is 17.6 Å². The van der Waals surface area contributed by atoms with E-state index in [0.717, 1.165) is 36.6 Å². The number of rotatable bonds is 3. The van der Waals surface area contributed by atoms with Gasteiger partial charge in [0.2, 0.25) is 0 Å². The monoisotopic (exact) mass is 299 g/mol. The first-order chi connectivity index (χ1) is 10.6. The van der Waals surface area contributed by atoms with Gasteiger partial charge in [0.05, 0.1) is 5.52 Å². The molecule has 116 valence electrons. The zero-order valence-corrected chi connectivity index (χ0v) is 13.2. The zero-order chi connectivity index (χ0) is 15.7. The number of Topliss-reactive ketones (excluding diaryl/α,β-unsaturated/α-hetero) is 1. The van der Waals surface area contributed by atoms with E-state index in [1.165, 1.54) is 11.6 Å². The predicted molar refractivity (Wildman–Crippen MR) is 86.2 cm³/mol. The molecule has 1 saturated carbocycles. The van der Waals surface area contributed by atoms with Crippen molar-refractivity contribution >= 4 is 16.7 Å². The van der Waals surface area contributed by atoms with Crippen LogP contribution in [-0.2, 0) is 4.79 Å². The second-order valence-corrected chi connectivity index (χ2v) is 6.57.